The highest BCUT2D eigenvalue weighted by atomic mass is 35.5. The van der Waals surface area contributed by atoms with Crippen LogP contribution in [-0.4, -0.2) is 36.8 Å². The van der Waals surface area contributed by atoms with E-state index in [0.717, 1.165) is 30.5 Å². The zero-order chi connectivity index (χ0) is 25.6. The molecular weight excluding hydrogens is 520 g/mol. The summed E-state index contributed by atoms with van der Waals surface area (Å²) in [4.78, 5) is 37.9. The van der Waals surface area contributed by atoms with E-state index in [4.69, 9.17) is 16.3 Å². The number of carbonyl (C=O) groups excluding carboxylic acids is 2. The first-order valence-corrected chi connectivity index (χ1v) is 12.1. The summed E-state index contributed by atoms with van der Waals surface area (Å²) in [6.07, 6.45) is 2.29. The summed E-state index contributed by atoms with van der Waals surface area (Å²) >= 11 is 6.43. The number of nitro groups is 1. The van der Waals surface area contributed by atoms with Crippen LogP contribution in [0.2, 0.25) is 5.02 Å². The van der Waals surface area contributed by atoms with E-state index in [0.29, 0.717) is 21.9 Å². The fourth-order valence-electron chi connectivity index (χ4n) is 2.53. The highest BCUT2D eigenvalue weighted by molar-refractivity contribution is 7.93. The Kier molecular flexibility index (Phi) is 7.92. The minimum absolute atomic E-state index is 0.0799. The van der Waals surface area contributed by atoms with E-state index in [-0.39, 0.29) is 25.5 Å². The van der Waals surface area contributed by atoms with Crippen molar-refractivity contribution in [1.29, 1.82) is 5.26 Å². The number of ether oxygens (including phenoxy) is 1. The molecule has 35 heavy (non-hydrogen) atoms. The maximum atomic E-state index is 12.7. The smallest absolute Gasteiger partial charge is 0.349 e. The molecule has 0 radical (unpaired) electrons. The average Bonchev–Trinajstić information content (AvgIpc) is 3.31. The summed E-state index contributed by atoms with van der Waals surface area (Å²) in [6, 6.07) is 12.3. The molecule has 1 aromatic heterocycles. The quantitative estimate of drug-likeness (QED) is 0.149. The van der Waals surface area contributed by atoms with Gasteiger partial charge in [0.2, 0.25) is 9.84 Å². The Hall–Kier alpha value is -4.12. The number of nitriles is 1. The van der Waals surface area contributed by atoms with Crippen molar-refractivity contribution < 1.29 is 27.7 Å². The Labute approximate surface area is 207 Å². The van der Waals surface area contributed by atoms with Gasteiger partial charge >= 0.3 is 5.97 Å². The van der Waals surface area contributed by atoms with Crippen LogP contribution < -0.4 is 5.32 Å². The van der Waals surface area contributed by atoms with Crippen molar-refractivity contribution in [1.82, 2.24) is 4.98 Å². The van der Waals surface area contributed by atoms with Gasteiger partial charge in [-0.2, -0.15) is 5.26 Å². The molecule has 1 N–H and O–H groups in total. The Balaban J connectivity index is 1.61. The number of nitro benzene ring substituents is 1. The van der Waals surface area contributed by atoms with Crippen LogP contribution in [-0.2, 0) is 24.2 Å². The number of carbonyl (C=O) groups is 2. The van der Waals surface area contributed by atoms with E-state index >= 15 is 0 Å². The number of benzene rings is 2. The third-order valence-corrected chi connectivity index (χ3v) is 7.60. The van der Waals surface area contributed by atoms with Gasteiger partial charge in [-0.05, 0) is 35.9 Å². The van der Waals surface area contributed by atoms with Gasteiger partial charge in [0, 0.05) is 17.2 Å². The molecule has 0 aliphatic heterocycles. The lowest BCUT2D eigenvalue weighted by Crippen LogP contribution is -2.21. The molecule has 11 nitrogen and oxygen atoms in total. The van der Waals surface area contributed by atoms with Gasteiger partial charge in [-0.25, -0.2) is 18.2 Å². The van der Waals surface area contributed by atoms with Gasteiger partial charge < -0.3 is 4.74 Å². The Morgan fingerprint density at radius 1 is 1.20 bits per heavy atom. The Morgan fingerprint density at radius 2 is 1.86 bits per heavy atom. The topological polar surface area (TPSA) is 169 Å². The van der Waals surface area contributed by atoms with Crippen molar-refractivity contribution in [3.8, 4) is 6.07 Å². The number of nitrogens with one attached hydrogen (secondary N) is 1. The Morgan fingerprint density at radius 3 is 2.46 bits per heavy atom. The molecule has 1 amide bonds. The fraction of sp³-hybridized carbons (Fsp3) is 0.0476. The van der Waals surface area contributed by atoms with Crippen molar-refractivity contribution >= 4 is 61.5 Å². The number of amides is 1. The van der Waals surface area contributed by atoms with Gasteiger partial charge in [0.15, 0.2) is 11.7 Å². The predicted octanol–water partition coefficient (Wildman–Crippen LogP) is 3.63. The molecular formula is C21H13ClN4O7S2. The van der Waals surface area contributed by atoms with Crippen LogP contribution >= 0.6 is 22.9 Å². The first-order valence-electron chi connectivity index (χ1n) is 9.40. The van der Waals surface area contributed by atoms with Crippen LogP contribution in [0.1, 0.15) is 5.56 Å². The summed E-state index contributed by atoms with van der Waals surface area (Å²) in [5, 5.41) is 22.6. The average molecular weight is 533 g/mol. The highest BCUT2D eigenvalue weighted by Crippen LogP contribution is 2.29. The van der Waals surface area contributed by atoms with Crippen LogP contribution in [0, 0.1) is 21.4 Å². The molecule has 0 bridgehead atoms. The van der Waals surface area contributed by atoms with E-state index in [1.807, 2.05) is 0 Å². The molecule has 0 fully saturated rings. The normalized spacial score (nSPS) is 11.4. The van der Waals surface area contributed by atoms with Gasteiger partial charge in [0.25, 0.3) is 11.6 Å². The summed E-state index contributed by atoms with van der Waals surface area (Å²) < 4.78 is 30.0. The second kappa shape index (κ2) is 10.9. The summed E-state index contributed by atoms with van der Waals surface area (Å²) in [5.41, 5.74) is -0.0823. The molecule has 2 aromatic carbocycles. The number of hydrogen-bond acceptors (Lipinski definition) is 10. The summed E-state index contributed by atoms with van der Waals surface area (Å²) in [6.45, 7) is -0.748. The maximum Gasteiger partial charge on any atom is 0.349 e. The largest absolute Gasteiger partial charge is 0.451 e. The molecule has 0 spiro atoms. The number of nitrogens with zero attached hydrogens (tertiary/aromatic N) is 3. The monoisotopic (exact) mass is 532 g/mol. The van der Waals surface area contributed by atoms with Crippen molar-refractivity contribution in [2.24, 2.45) is 0 Å². The Bertz CT molecular complexity index is 1460. The minimum Gasteiger partial charge on any atom is -0.451 e. The van der Waals surface area contributed by atoms with Gasteiger partial charge in [0.05, 0.1) is 16.0 Å². The lowest BCUT2D eigenvalue weighted by atomic mass is 10.1. The standard InChI is InChI=1S/C21H13ClN4O7S2/c22-15-3-1-13(2-4-15)9-14(10-23)20(28)33-12-18(27)25-21-24-11-19(34-21)35(31,32)17-7-5-16(6-8-17)26(29)30/h1-9,11H,12H2,(H,24,25,27)/b14-9+. The third kappa shape index (κ3) is 6.48. The predicted molar refractivity (Wildman–Crippen MR) is 125 cm³/mol. The molecule has 0 unspecified atom stereocenters. The van der Waals surface area contributed by atoms with Crippen LogP contribution in [0.15, 0.2) is 69.4 Å². The fourth-order valence-corrected chi connectivity index (χ4v) is 5.11. The van der Waals surface area contributed by atoms with Crippen LogP contribution in [0.25, 0.3) is 6.08 Å². The van der Waals surface area contributed by atoms with Crippen molar-refractivity contribution in [2.75, 3.05) is 11.9 Å². The molecule has 3 rings (SSSR count). The highest BCUT2D eigenvalue weighted by Gasteiger charge is 2.23. The maximum absolute atomic E-state index is 12.7. The summed E-state index contributed by atoms with van der Waals surface area (Å²) in [5.74, 6) is -1.84. The van der Waals surface area contributed by atoms with Gasteiger partial charge in [-0.3, -0.25) is 20.2 Å². The second-order valence-corrected chi connectivity index (χ2v) is 10.2. The zero-order valence-corrected chi connectivity index (χ0v) is 19.8. The molecule has 0 aliphatic carbocycles. The van der Waals surface area contributed by atoms with E-state index < -0.39 is 33.2 Å². The van der Waals surface area contributed by atoms with Crippen molar-refractivity contribution in [3.05, 3.63) is 81.0 Å². The molecule has 1 heterocycles. The number of halogens is 1. The van der Waals surface area contributed by atoms with E-state index in [9.17, 15) is 33.4 Å². The lowest BCUT2D eigenvalue weighted by Gasteiger charge is -2.04. The summed E-state index contributed by atoms with van der Waals surface area (Å²) in [7, 11) is -4.02. The van der Waals surface area contributed by atoms with Crippen LogP contribution in [0.3, 0.4) is 0 Å². The molecule has 14 heteroatoms. The van der Waals surface area contributed by atoms with E-state index in [1.165, 1.54) is 6.08 Å². The minimum atomic E-state index is -4.02. The molecule has 3 aromatic rings. The number of sulfone groups is 1. The van der Waals surface area contributed by atoms with E-state index in [1.54, 1.807) is 30.3 Å². The van der Waals surface area contributed by atoms with Gasteiger partial charge in [-0.1, -0.05) is 35.1 Å². The van der Waals surface area contributed by atoms with E-state index in [2.05, 4.69) is 10.3 Å². The number of esters is 1. The van der Waals surface area contributed by atoms with Crippen LogP contribution in [0.4, 0.5) is 10.8 Å². The number of rotatable bonds is 8. The number of non-ortho nitro benzene ring substituents is 1. The first-order chi connectivity index (χ1) is 16.6. The molecule has 0 atom stereocenters. The van der Waals surface area contributed by atoms with Crippen molar-refractivity contribution in [3.63, 3.8) is 0 Å². The molecule has 0 saturated heterocycles. The van der Waals surface area contributed by atoms with Crippen molar-refractivity contribution in [2.45, 2.75) is 9.10 Å². The van der Waals surface area contributed by atoms with Crippen LogP contribution in [0.5, 0.6) is 0 Å². The molecule has 0 aliphatic rings. The number of anilines is 1. The zero-order valence-electron chi connectivity index (χ0n) is 17.4. The number of aromatic nitrogens is 1. The van der Waals surface area contributed by atoms with Gasteiger partial charge in [-0.15, -0.1) is 0 Å². The molecule has 178 valence electrons. The second-order valence-electron chi connectivity index (χ2n) is 6.58. The SMILES string of the molecule is N#C/C(=C\c1ccc(Cl)cc1)C(=O)OCC(=O)Nc1ncc(S(=O)(=O)c2ccc([N+](=O)[O-])cc2)s1. The molecule has 0 saturated carbocycles. The third-order valence-electron chi connectivity index (χ3n) is 4.21. The van der Waals surface area contributed by atoms with Gasteiger partial charge in [0.1, 0.15) is 15.9 Å². The number of hydrogen-bond donors (Lipinski definition) is 1. The first kappa shape index (κ1) is 25.5. The lowest BCUT2D eigenvalue weighted by molar-refractivity contribution is -0.384. The number of thiazole rings is 1.